The van der Waals surface area contributed by atoms with Crippen LogP contribution in [-0.2, 0) is 18.6 Å². The predicted molar refractivity (Wildman–Crippen MR) is 87.4 cm³/mol. The summed E-state index contributed by atoms with van der Waals surface area (Å²) in [6, 6.07) is 0. The Morgan fingerprint density at radius 1 is 1.46 bits per heavy atom. The molecule has 0 saturated carbocycles. The maximum Gasteiger partial charge on any atom is 0.582 e. The zero-order valence-corrected chi connectivity index (χ0v) is 14.3. The van der Waals surface area contributed by atoms with Crippen molar-refractivity contribution in [1.82, 2.24) is 19.5 Å². The molecule has 24 heavy (non-hydrogen) atoms. The molecule has 1 saturated heterocycles. The van der Waals surface area contributed by atoms with Gasteiger partial charge in [-0.2, -0.15) is 9.97 Å². The van der Waals surface area contributed by atoms with E-state index in [1.165, 1.54) is 13.4 Å². The van der Waals surface area contributed by atoms with Gasteiger partial charge in [0.1, 0.15) is 30.0 Å². The quantitative estimate of drug-likeness (QED) is 0.409. The molecule has 1 aliphatic heterocycles. The van der Waals surface area contributed by atoms with Crippen molar-refractivity contribution in [1.29, 1.82) is 0 Å². The van der Waals surface area contributed by atoms with Gasteiger partial charge in [0.05, 0.1) is 12.9 Å². The number of aliphatic hydroxyl groups is 1. The zero-order chi connectivity index (χ0) is 17.4. The maximum atomic E-state index is 11.3. The number of hydrogen-bond donors (Lipinski definition) is 4. The van der Waals surface area contributed by atoms with Gasteiger partial charge >= 0.3 is 7.23 Å². The lowest BCUT2D eigenvalue weighted by Crippen LogP contribution is -2.35. The molecular weight excluding hydrogens is 359 g/mol. The number of nitrogen functional groups attached to an aromatic ring is 2. The highest BCUT2D eigenvalue weighted by Crippen LogP contribution is 2.41. The molecule has 130 valence electrons. The summed E-state index contributed by atoms with van der Waals surface area (Å²) in [5.74, 6) is 0.117. The smallest absolute Gasteiger partial charge is 0.394 e. The van der Waals surface area contributed by atoms with Gasteiger partial charge in [0.2, 0.25) is 5.95 Å². The number of methoxy groups -OCH3 is 1. The van der Waals surface area contributed by atoms with Gasteiger partial charge in [-0.05, 0) is 4.57 Å². The normalized spacial score (nSPS) is 27.7. The number of aromatic nitrogens is 4. The highest BCUT2D eigenvalue weighted by atomic mass is 32.7. The molecule has 3 heterocycles. The van der Waals surface area contributed by atoms with Crippen LogP contribution in [0.25, 0.3) is 11.2 Å². The number of nitrogens with zero attached hydrogens (tertiary/aromatic N) is 4. The summed E-state index contributed by atoms with van der Waals surface area (Å²) in [4.78, 5) is 12.1. The molecule has 1 aliphatic rings. The second kappa shape index (κ2) is 6.75. The van der Waals surface area contributed by atoms with Crippen LogP contribution in [0.3, 0.4) is 0 Å². The minimum Gasteiger partial charge on any atom is -0.394 e. The van der Waals surface area contributed by atoms with Crippen molar-refractivity contribution in [3.8, 4) is 0 Å². The number of ether oxygens (including phenoxy) is 2. The Labute approximate surface area is 142 Å². The Bertz CT molecular complexity index is 775. The van der Waals surface area contributed by atoms with Crippen molar-refractivity contribution < 1.29 is 23.7 Å². The van der Waals surface area contributed by atoms with E-state index in [4.69, 9.17) is 25.5 Å². The lowest BCUT2D eigenvalue weighted by atomic mass is 10.1. The number of hydrogen-bond acceptors (Lipinski definition) is 10. The van der Waals surface area contributed by atoms with Crippen molar-refractivity contribution >= 4 is 42.4 Å². The average Bonchev–Trinajstić information content (AvgIpc) is 3.07. The molecular formula is C11H16N6O5PS+. The minimum atomic E-state index is -2.21. The Balaban J connectivity index is 2.03. The van der Waals surface area contributed by atoms with Crippen LogP contribution in [-0.4, -0.2) is 56.7 Å². The summed E-state index contributed by atoms with van der Waals surface area (Å²) in [6.07, 6.45) is -1.55. The van der Waals surface area contributed by atoms with Crippen LogP contribution in [0.4, 0.5) is 11.8 Å². The largest absolute Gasteiger partial charge is 0.582 e. The highest BCUT2D eigenvalue weighted by molar-refractivity contribution is 8.39. The number of nitrogens with two attached hydrogens (primary N) is 2. The van der Waals surface area contributed by atoms with Crippen LogP contribution >= 0.6 is 19.5 Å². The van der Waals surface area contributed by atoms with E-state index >= 15 is 0 Å². The van der Waals surface area contributed by atoms with E-state index in [0.29, 0.717) is 11.2 Å². The fraction of sp³-hybridized carbons (Fsp3) is 0.545. The van der Waals surface area contributed by atoms with E-state index in [1.54, 1.807) is 4.57 Å². The summed E-state index contributed by atoms with van der Waals surface area (Å²) in [5.41, 5.74) is 12.1. The summed E-state index contributed by atoms with van der Waals surface area (Å²) in [6.45, 7) is -0.357. The minimum absolute atomic E-state index is 0.0151. The molecule has 5 N–H and O–H groups in total. The zero-order valence-electron chi connectivity index (χ0n) is 12.5. The van der Waals surface area contributed by atoms with Gasteiger partial charge in [0.15, 0.2) is 23.8 Å². The van der Waals surface area contributed by atoms with Crippen molar-refractivity contribution in [3.05, 3.63) is 6.33 Å². The molecule has 5 atom stereocenters. The number of imidazole rings is 1. The highest BCUT2D eigenvalue weighted by Gasteiger charge is 2.50. The van der Waals surface area contributed by atoms with Gasteiger partial charge in [-0.25, -0.2) is 4.98 Å². The summed E-state index contributed by atoms with van der Waals surface area (Å²) in [7, 11) is -0.771. The molecule has 0 bridgehead atoms. The first-order chi connectivity index (χ1) is 11.5. The fourth-order valence-corrected chi connectivity index (χ4v) is 3.49. The Kier molecular flexibility index (Phi) is 4.85. The molecule has 11 nitrogen and oxygen atoms in total. The van der Waals surface area contributed by atoms with Crippen molar-refractivity contribution in [2.24, 2.45) is 0 Å². The molecule has 0 spiro atoms. The Hall–Kier alpha value is -1.56. The molecule has 0 aliphatic carbocycles. The Morgan fingerprint density at radius 3 is 2.83 bits per heavy atom. The van der Waals surface area contributed by atoms with E-state index < -0.39 is 31.8 Å². The van der Waals surface area contributed by atoms with E-state index in [0.717, 1.165) is 0 Å². The van der Waals surface area contributed by atoms with E-state index in [-0.39, 0.29) is 18.4 Å². The number of thiol groups is 1. The molecule has 2 aromatic heterocycles. The third kappa shape index (κ3) is 2.92. The fourth-order valence-electron chi connectivity index (χ4n) is 2.70. The van der Waals surface area contributed by atoms with Gasteiger partial charge in [0, 0.05) is 7.11 Å². The summed E-state index contributed by atoms with van der Waals surface area (Å²) in [5, 5.41) is 9.51. The van der Waals surface area contributed by atoms with Gasteiger partial charge < -0.3 is 26.0 Å². The van der Waals surface area contributed by atoms with Gasteiger partial charge in [-0.3, -0.25) is 4.57 Å². The molecule has 3 rings (SSSR count). The summed E-state index contributed by atoms with van der Waals surface area (Å²) < 4.78 is 29.3. The van der Waals surface area contributed by atoms with Gasteiger partial charge in [0.25, 0.3) is 0 Å². The monoisotopic (exact) mass is 375 g/mol. The predicted octanol–water partition coefficient (Wildman–Crippen LogP) is -0.132. The van der Waals surface area contributed by atoms with Gasteiger partial charge in [-0.1, -0.05) is 0 Å². The molecule has 2 aromatic rings. The van der Waals surface area contributed by atoms with Crippen LogP contribution in [0.2, 0.25) is 0 Å². The van der Waals surface area contributed by atoms with E-state index in [1.807, 2.05) is 0 Å². The lowest BCUT2D eigenvalue weighted by Gasteiger charge is -2.19. The maximum absolute atomic E-state index is 11.3. The SMILES string of the molecule is COC1[C@@H](O[P+](=O)S)[C@@H](CO)O[C@H]1n1cnc2c(N)nc(N)nc21. The van der Waals surface area contributed by atoms with E-state index in [2.05, 4.69) is 27.2 Å². The molecule has 0 radical (unpaired) electrons. The first kappa shape index (κ1) is 17.3. The number of aliphatic hydroxyl groups excluding tert-OH is 1. The third-order valence-electron chi connectivity index (χ3n) is 3.69. The Morgan fingerprint density at radius 2 is 2.21 bits per heavy atom. The van der Waals surface area contributed by atoms with Crippen LogP contribution in [0, 0.1) is 0 Å². The number of rotatable bonds is 5. The average molecular weight is 375 g/mol. The van der Waals surface area contributed by atoms with Gasteiger partial charge in [-0.15, -0.1) is 4.52 Å². The first-order valence-corrected chi connectivity index (χ1v) is 9.16. The van der Waals surface area contributed by atoms with Crippen molar-refractivity contribution in [3.63, 3.8) is 0 Å². The van der Waals surface area contributed by atoms with Crippen LogP contribution in [0.5, 0.6) is 0 Å². The summed E-state index contributed by atoms with van der Waals surface area (Å²) >= 11 is 3.74. The second-order valence-corrected chi connectivity index (χ2v) is 6.71. The molecule has 0 amide bonds. The van der Waals surface area contributed by atoms with Crippen molar-refractivity contribution in [2.45, 2.75) is 24.5 Å². The topological polar surface area (TPSA) is 161 Å². The lowest BCUT2D eigenvalue weighted by molar-refractivity contribution is -0.0583. The van der Waals surface area contributed by atoms with E-state index in [9.17, 15) is 9.67 Å². The third-order valence-corrected chi connectivity index (χ3v) is 4.40. The number of fused-ring (bicyclic) bond motifs is 1. The van der Waals surface area contributed by atoms with Crippen molar-refractivity contribution in [2.75, 3.05) is 25.2 Å². The standard InChI is InChI=1S/C11H15N6O5PS/c1-20-7-6(22-23(19)24)4(2-18)21-10(7)17-3-14-5-8(12)15-11(13)16-9(5)17/h3-4,6-7,10,18H,2H2,1H3,(H4-,12,13,15,16,19,24)/p+1/t4-,6+,7?,10-/m1/s1. The van der Waals surface area contributed by atoms with Crippen LogP contribution < -0.4 is 11.5 Å². The second-order valence-electron chi connectivity index (χ2n) is 5.05. The van der Waals surface area contributed by atoms with Crippen LogP contribution in [0.15, 0.2) is 6.33 Å². The first-order valence-electron chi connectivity index (χ1n) is 6.83. The molecule has 0 aromatic carbocycles. The molecule has 2 unspecified atom stereocenters. The number of anilines is 2. The van der Waals surface area contributed by atoms with Crippen LogP contribution in [0.1, 0.15) is 6.23 Å². The molecule has 13 heteroatoms. The molecule has 1 fully saturated rings.